The number of carbonyl (C=O) groups excluding carboxylic acids is 1. The zero-order valence-electron chi connectivity index (χ0n) is 12.7. The standard InChI is InChI=1S/C15H24N2O3/c1-5-6-7-10(2)17-15(18)12-8-11(19-3)9-13(20-4)14(12)16/h8-10H,5-7,16H2,1-4H3,(H,17,18). The molecule has 1 atom stereocenters. The van der Waals surface area contributed by atoms with Gasteiger partial charge in [-0.2, -0.15) is 0 Å². The zero-order chi connectivity index (χ0) is 15.1. The Kier molecular flexibility index (Phi) is 6.15. The fraction of sp³-hybridized carbons (Fsp3) is 0.533. The van der Waals surface area contributed by atoms with E-state index in [0.717, 1.165) is 19.3 Å². The summed E-state index contributed by atoms with van der Waals surface area (Å²) in [6.45, 7) is 4.11. The van der Waals surface area contributed by atoms with Crippen molar-refractivity contribution in [1.82, 2.24) is 5.32 Å². The van der Waals surface area contributed by atoms with Crippen LogP contribution < -0.4 is 20.5 Å². The maximum absolute atomic E-state index is 12.3. The predicted octanol–water partition coefficient (Wildman–Crippen LogP) is 2.59. The molecule has 1 aromatic rings. The van der Waals surface area contributed by atoms with Crippen molar-refractivity contribution in [3.8, 4) is 11.5 Å². The van der Waals surface area contributed by atoms with Gasteiger partial charge >= 0.3 is 0 Å². The van der Waals surface area contributed by atoms with E-state index in [0.29, 0.717) is 22.7 Å². The molecule has 0 radical (unpaired) electrons. The average molecular weight is 280 g/mol. The molecular formula is C15H24N2O3. The lowest BCUT2D eigenvalue weighted by molar-refractivity contribution is 0.0938. The van der Waals surface area contributed by atoms with Crippen molar-refractivity contribution < 1.29 is 14.3 Å². The Morgan fingerprint density at radius 3 is 2.60 bits per heavy atom. The van der Waals surface area contributed by atoms with Gasteiger partial charge < -0.3 is 20.5 Å². The summed E-state index contributed by atoms with van der Waals surface area (Å²) < 4.78 is 10.3. The molecule has 5 nitrogen and oxygen atoms in total. The minimum absolute atomic E-state index is 0.110. The van der Waals surface area contributed by atoms with Crippen LogP contribution in [0, 0.1) is 0 Å². The second-order valence-corrected chi connectivity index (χ2v) is 4.81. The Morgan fingerprint density at radius 1 is 1.35 bits per heavy atom. The quantitative estimate of drug-likeness (QED) is 0.753. The Hall–Kier alpha value is -1.91. The lowest BCUT2D eigenvalue weighted by Gasteiger charge is -2.16. The highest BCUT2D eigenvalue weighted by molar-refractivity contribution is 6.01. The summed E-state index contributed by atoms with van der Waals surface area (Å²) >= 11 is 0. The van der Waals surface area contributed by atoms with Crippen LogP contribution in [0.1, 0.15) is 43.5 Å². The van der Waals surface area contributed by atoms with Gasteiger partial charge in [0.25, 0.3) is 5.91 Å². The number of nitrogens with two attached hydrogens (primary N) is 1. The summed E-state index contributed by atoms with van der Waals surface area (Å²) in [6, 6.07) is 3.39. The normalized spacial score (nSPS) is 11.8. The highest BCUT2D eigenvalue weighted by Crippen LogP contribution is 2.31. The first-order chi connectivity index (χ1) is 9.53. The summed E-state index contributed by atoms with van der Waals surface area (Å²) in [5, 5.41) is 2.94. The second kappa shape index (κ2) is 7.62. The molecule has 0 saturated heterocycles. The largest absolute Gasteiger partial charge is 0.497 e. The molecule has 0 heterocycles. The fourth-order valence-electron chi connectivity index (χ4n) is 1.96. The van der Waals surface area contributed by atoms with Gasteiger partial charge in [-0.25, -0.2) is 0 Å². The van der Waals surface area contributed by atoms with E-state index >= 15 is 0 Å². The van der Waals surface area contributed by atoms with E-state index in [4.69, 9.17) is 15.2 Å². The Balaban J connectivity index is 2.91. The molecule has 3 N–H and O–H groups in total. The first kappa shape index (κ1) is 16.1. The fourth-order valence-corrected chi connectivity index (χ4v) is 1.96. The summed E-state index contributed by atoms with van der Waals surface area (Å²) in [6.07, 6.45) is 3.14. The van der Waals surface area contributed by atoms with Gasteiger partial charge in [-0.15, -0.1) is 0 Å². The van der Waals surface area contributed by atoms with Crippen molar-refractivity contribution >= 4 is 11.6 Å². The van der Waals surface area contributed by atoms with Crippen LogP contribution in [0.15, 0.2) is 12.1 Å². The SMILES string of the molecule is CCCCC(C)NC(=O)c1cc(OC)cc(OC)c1N. The van der Waals surface area contributed by atoms with Crippen LogP contribution >= 0.6 is 0 Å². The summed E-state index contributed by atoms with van der Waals surface area (Å²) in [7, 11) is 3.05. The summed E-state index contributed by atoms with van der Waals surface area (Å²) in [5.41, 5.74) is 6.66. The Bertz CT molecular complexity index is 461. The van der Waals surface area contributed by atoms with Crippen molar-refractivity contribution in [2.75, 3.05) is 20.0 Å². The van der Waals surface area contributed by atoms with E-state index in [2.05, 4.69) is 12.2 Å². The number of ether oxygens (including phenoxy) is 2. The molecule has 0 aliphatic heterocycles. The first-order valence-corrected chi connectivity index (χ1v) is 6.85. The monoisotopic (exact) mass is 280 g/mol. The third-order valence-corrected chi connectivity index (χ3v) is 3.18. The molecule has 0 aromatic heterocycles. The number of unbranched alkanes of at least 4 members (excludes halogenated alkanes) is 1. The lowest BCUT2D eigenvalue weighted by Crippen LogP contribution is -2.33. The molecule has 0 bridgehead atoms. The molecule has 0 aliphatic rings. The lowest BCUT2D eigenvalue weighted by atomic mass is 10.1. The minimum atomic E-state index is -0.205. The third kappa shape index (κ3) is 4.05. The van der Waals surface area contributed by atoms with Crippen LogP contribution in [0.2, 0.25) is 0 Å². The van der Waals surface area contributed by atoms with Gasteiger partial charge in [-0.05, 0) is 19.4 Å². The number of rotatable bonds is 7. The van der Waals surface area contributed by atoms with Crippen LogP contribution in [0.4, 0.5) is 5.69 Å². The number of hydrogen-bond donors (Lipinski definition) is 2. The summed E-state index contributed by atoms with van der Waals surface area (Å²) in [4.78, 5) is 12.3. The molecule has 0 aliphatic carbocycles. The molecule has 0 fully saturated rings. The molecule has 0 spiro atoms. The van der Waals surface area contributed by atoms with E-state index in [1.807, 2.05) is 6.92 Å². The van der Waals surface area contributed by atoms with Crippen molar-refractivity contribution in [1.29, 1.82) is 0 Å². The van der Waals surface area contributed by atoms with Gasteiger partial charge in [0.15, 0.2) is 0 Å². The van der Waals surface area contributed by atoms with Gasteiger partial charge in [-0.3, -0.25) is 4.79 Å². The highest BCUT2D eigenvalue weighted by atomic mass is 16.5. The Morgan fingerprint density at radius 2 is 2.05 bits per heavy atom. The zero-order valence-corrected chi connectivity index (χ0v) is 12.7. The maximum Gasteiger partial charge on any atom is 0.253 e. The van der Waals surface area contributed by atoms with Crippen LogP contribution in [0.3, 0.4) is 0 Å². The van der Waals surface area contributed by atoms with Crippen molar-refractivity contribution in [3.05, 3.63) is 17.7 Å². The molecular weight excluding hydrogens is 256 g/mol. The van der Waals surface area contributed by atoms with E-state index in [1.165, 1.54) is 14.2 Å². The molecule has 0 saturated carbocycles. The first-order valence-electron chi connectivity index (χ1n) is 6.85. The maximum atomic E-state index is 12.3. The molecule has 112 valence electrons. The number of nitrogen functional groups attached to an aromatic ring is 1. The van der Waals surface area contributed by atoms with Crippen LogP contribution in [-0.4, -0.2) is 26.2 Å². The van der Waals surface area contributed by atoms with E-state index in [1.54, 1.807) is 12.1 Å². The van der Waals surface area contributed by atoms with E-state index < -0.39 is 0 Å². The molecule has 1 aromatic carbocycles. The van der Waals surface area contributed by atoms with E-state index in [-0.39, 0.29) is 11.9 Å². The topological polar surface area (TPSA) is 73.6 Å². The molecule has 1 amide bonds. The number of amides is 1. The number of anilines is 1. The minimum Gasteiger partial charge on any atom is -0.497 e. The number of carbonyl (C=O) groups is 1. The highest BCUT2D eigenvalue weighted by Gasteiger charge is 2.17. The average Bonchev–Trinajstić information content (AvgIpc) is 2.45. The van der Waals surface area contributed by atoms with Gasteiger partial charge in [-0.1, -0.05) is 19.8 Å². The Labute approximate surface area is 120 Å². The van der Waals surface area contributed by atoms with Crippen molar-refractivity contribution in [3.63, 3.8) is 0 Å². The second-order valence-electron chi connectivity index (χ2n) is 4.81. The van der Waals surface area contributed by atoms with Crippen molar-refractivity contribution in [2.24, 2.45) is 0 Å². The number of benzene rings is 1. The molecule has 5 heteroatoms. The van der Waals surface area contributed by atoms with Crippen LogP contribution in [0.5, 0.6) is 11.5 Å². The van der Waals surface area contributed by atoms with Crippen LogP contribution in [0.25, 0.3) is 0 Å². The van der Waals surface area contributed by atoms with Crippen LogP contribution in [-0.2, 0) is 0 Å². The van der Waals surface area contributed by atoms with Gasteiger partial charge in [0.1, 0.15) is 11.5 Å². The molecule has 20 heavy (non-hydrogen) atoms. The van der Waals surface area contributed by atoms with Gasteiger partial charge in [0, 0.05) is 12.1 Å². The van der Waals surface area contributed by atoms with Gasteiger partial charge in [0.2, 0.25) is 0 Å². The number of methoxy groups -OCH3 is 2. The van der Waals surface area contributed by atoms with Gasteiger partial charge in [0.05, 0.1) is 25.5 Å². The predicted molar refractivity (Wildman–Crippen MR) is 80.4 cm³/mol. The van der Waals surface area contributed by atoms with E-state index in [9.17, 15) is 4.79 Å². The molecule has 1 rings (SSSR count). The smallest absolute Gasteiger partial charge is 0.253 e. The third-order valence-electron chi connectivity index (χ3n) is 3.18. The number of nitrogens with one attached hydrogen (secondary N) is 1. The summed E-state index contributed by atoms with van der Waals surface area (Å²) in [5.74, 6) is 0.779. The van der Waals surface area contributed by atoms with Crippen molar-refractivity contribution in [2.45, 2.75) is 39.2 Å². The molecule has 1 unspecified atom stereocenters. The number of hydrogen-bond acceptors (Lipinski definition) is 4.